The molecule has 0 atom stereocenters. The van der Waals surface area contributed by atoms with Gasteiger partial charge in [0.2, 0.25) is 0 Å². The Balaban J connectivity index is 2.23. The summed E-state index contributed by atoms with van der Waals surface area (Å²) in [6, 6.07) is 3.68. The third kappa shape index (κ3) is 1.97. The Bertz CT molecular complexity index is 407. The third-order valence-corrected chi connectivity index (χ3v) is 3.09. The molecule has 0 radical (unpaired) electrons. The summed E-state index contributed by atoms with van der Waals surface area (Å²) in [6.07, 6.45) is 5.49. The first-order valence-corrected chi connectivity index (χ1v) is 5.40. The molecule has 0 spiro atoms. The SMILES string of the molecule is N#Cc1ccnnc1NC1(CO)CCCC1. The van der Waals surface area contributed by atoms with Crippen molar-refractivity contribution in [2.45, 2.75) is 31.2 Å². The van der Waals surface area contributed by atoms with Gasteiger partial charge >= 0.3 is 0 Å². The van der Waals surface area contributed by atoms with Gasteiger partial charge in [0.15, 0.2) is 5.82 Å². The van der Waals surface area contributed by atoms with E-state index in [1.165, 1.54) is 6.20 Å². The highest BCUT2D eigenvalue weighted by molar-refractivity contribution is 5.52. The Morgan fingerprint density at radius 3 is 2.88 bits per heavy atom. The summed E-state index contributed by atoms with van der Waals surface area (Å²) in [5.74, 6) is 0.473. The quantitative estimate of drug-likeness (QED) is 0.792. The van der Waals surface area contributed by atoms with Crippen molar-refractivity contribution < 1.29 is 5.11 Å². The first-order valence-electron chi connectivity index (χ1n) is 5.40. The van der Waals surface area contributed by atoms with Crippen LogP contribution in [0.25, 0.3) is 0 Å². The van der Waals surface area contributed by atoms with Crippen LogP contribution in [0.15, 0.2) is 12.3 Å². The monoisotopic (exact) mass is 218 g/mol. The summed E-state index contributed by atoms with van der Waals surface area (Å²) in [5.41, 5.74) is 0.150. The lowest BCUT2D eigenvalue weighted by Gasteiger charge is -2.28. The smallest absolute Gasteiger partial charge is 0.167 e. The number of aliphatic hydroxyl groups excluding tert-OH is 1. The van der Waals surface area contributed by atoms with E-state index in [0.29, 0.717) is 11.4 Å². The van der Waals surface area contributed by atoms with Gasteiger partial charge in [-0.2, -0.15) is 10.4 Å². The van der Waals surface area contributed by atoms with Crippen molar-refractivity contribution in [1.29, 1.82) is 5.26 Å². The zero-order valence-corrected chi connectivity index (χ0v) is 8.98. The Hall–Kier alpha value is -1.67. The van der Waals surface area contributed by atoms with E-state index >= 15 is 0 Å². The molecule has 0 bridgehead atoms. The number of rotatable bonds is 3. The number of hydrogen-bond acceptors (Lipinski definition) is 5. The molecule has 0 amide bonds. The van der Waals surface area contributed by atoms with Crippen LogP contribution in [-0.4, -0.2) is 27.4 Å². The van der Waals surface area contributed by atoms with E-state index in [1.54, 1.807) is 6.07 Å². The number of aromatic nitrogens is 2. The second-order valence-electron chi connectivity index (χ2n) is 4.18. The lowest BCUT2D eigenvalue weighted by atomic mass is 9.99. The minimum Gasteiger partial charge on any atom is -0.394 e. The summed E-state index contributed by atoms with van der Waals surface area (Å²) < 4.78 is 0. The molecule has 1 heterocycles. The average molecular weight is 218 g/mol. The van der Waals surface area contributed by atoms with Gasteiger partial charge in [-0.1, -0.05) is 12.8 Å². The van der Waals surface area contributed by atoms with Gasteiger partial charge in [0.05, 0.1) is 23.9 Å². The Kier molecular flexibility index (Phi) is 3.02. The fraction of sp³-hybridized carbons (Fsp3) is 0.545. The Labute approximate surface area is 94.1 Å². The Morgan fingerprint density at radius 2 is 2.25 bits per heavy atom. The summed E-state index contributed by atoms with van der Waals surface area (Å²) in [6.45, 7) is 0.0639. The molecule has 1 aliphatic carbocycles. The highest BCUT2D eigenvalue weighted by atomic mass is 16.3. The number of nitrogens with zero attached hydrogens (tertiary/aromatic N) is 3. The molecule has 1 aromatic heterocycles. The van der Waals surface area contributed by atoms with Crippen LogP contribution in [0.3, 0.4) is 0 Å². The molecule has 0 aliphatic heterocycles. The summed E-state index contributed by atoms with van der Waals surface area (Å²) in [4.78, 5) is 0. The van der Waals surface area contributed by atoms with Gasteiger partial charge in [-0.15, -0.1) is 5.10 Å². The van der Waals surface area contributed by atoms with Gasteiger partial charge in [-0.05, 0) is 18.9 Å². The van der Waals surface area contributed by atoms with E-state index in [9.17, 15) is 5.11 Å². The third-order valence-electron chi connectivity index (χ3n) is 3.09. The molecule has 1 saturated carbocycles. The van der Waals surface area contributed by atoms with Crippen LogP contribution in [0.2, 0.25) is 0 Å². The summed E-state index contributed by atoms with van der Waals surface area (Å²) in [7, 11) is 0. The molecule has 5 heteroatoms. The number of nitriles is 1. The van der Waals surface area contributed by atoms with Gasteiger partial charge < -0.3 is 10.4 Å². The van der Waals surface area contributed by atoms with Crippen molar-refractivity contribution in [3.8, 4) is 6.07 Å². The zero-order valence-electron chi connectivity index (χ0n) is 8.98. The molecule has 1 aromatic rings. The number of hydrogen-bond donors (Lipinski definition) is 2. The first kappa shape index (κ1) is 10.8. The number of anilines is 1. The van der Waals surface area contributed by atoms with Crippen LogP contribution in [0.5, 0.6) is 0 Å². The minimum atomic E-state index is -0.318. The van der Waals surface area contributed by atoms with E-state index in [1.807, 2.05) is 0 Å². The number of aliphatic hydroxyl groups is 1. The van der Waals surface area contributed by atoms with Gasteiger partial charge in [0.25, 0.3) is 0 Å². The van der Waals surface area contributed by atoms with Crippen molar-refractivity contribution >= 4 is 5.82 Å². The van der Waals surface area contributed by atoms with Crippen molar-refractivity contribution in [2.24, 2.45) is 0 Å². The van der Waals surface area contributed by atoms with Crippen molar-refractivity contribution in [2.75, 3.05) is 11.9 Å². The average Bonchev–Trinajstić information content (AvgIpc) is 2.79. The minimum absolute atomic E-state index is 0.0639. The lowest BCUT2D eigenvalue weighted by Crippen LogP contribution is -2.39. The topological polar surface area (TPSA) is 81.8 Å². The van der Waals surface area contributed by atoms with E-state index in [2.05, 4.69) is 21.6 Å². The van der Waals surface area contributed by atoms with Crippen LogP contribution in [0, 0.1) is 11.3 Å². The predicted octanol–water partition coefficient (Wildman–Crippen LogP) is 1.07. The molecule has 0 aromatic carbocycles. The largest absolute Gasteiger partial charge is 0.394 e. The molecule has 16 heavy (non-hydrogen) atoms. The van der Waals surface area contributed by atoms with Gasteiger partial charge in [-0.25, -0.2) is 0 Å². The molecule has 1 fully saturated rings. The van der Waals surface area contributed by atoms with Crippen molar-refractivity contribution in [3.05, 3.63) is 17.8 Å². The van der Waals surface area contributed by atoms with Crippen LogP contribution >= 0.6 is 0 Å². The van der Waals surface area contributed by atoms with Gasteiger partial charge in [0.1, 0.15) is 6.07 Å². The van der Waals surface area contributed by atoms with Crippen LogP contribution in [-0.2, 0) is 0 Å². The number of nitrogens with one attached hydrogen (secondary N) is 1. The molecular weight excluding hydrogens is 204 g/mol. The molecule has 2 rings (SSSR count). The maximum Gasteiger partial charge on any atom is 0.167 e. The molecule has 5 nitrogen and oxygen atoms in total. The maximum absolute atomic E-state index is 9.45. The van der Waals surface area contributed by atoms with Gasteiger partial charge in [0, 0.05) is 0 Å². The first-order chi connectivity index (χ1) is 7.79. The highest BCUT2D eigenvalue weighted by Gasteiger charge is 2.33. The van der Waals surface area contributed by atoms with Crippen LogP contribution in [0.4, 0.5) is 5.82 Å². The highest BCUT2D eigenvalue weighted by Crippen LogP contribution is 2.32. The molecular formula is C11H14N4O. The molecule has 1 aliphatic rings. The summed E-state index contributed by atoms with van der Waals surface area (Å²) in [5, 5.41) is 29.2. The molecule has 0 unspecified atom stereocenters. The molecule has 0 saturated heterocycles. The summed E-state index contributed by atoms with van der Waals surface area (Å²) >= 11 is 0. The second kappa shape index (κ2) is 4.45. The van der Waals surface area contributed by atoms with Crippen LogP contribution in [0.1, 0.15) is 31.2 Å². The Morgan fingerprint density at radius 1 is 1.50 bits per heavy atom. The fourth-order valence-electron chi connectivity index (χ4n) is 2.14. The second-order valence-corrected chi connectivity index (χ2v) is 4.18. The lowest BCUT2D eigenvalue weighted by molar-refractivity contribution is 0.213. The normalized spacial score (nSPS) is 18.0. The standard InChI is InChI=1S/C11H14N4O/c12-7-9-3-6-13-15-10(9)14-11(8-16)4-1-2-5-11/h3,6,16H,1-2,4-5,8H2,(H,14,15). The van der Waals surface area contributed by atoms with Crippen LogP contribution < -0.4 is 5.32 Å². The maximum atomic E-state index is 9.45. The van der Waals surface area contributed by atoms with E-state index in [-0.39, 0.29) is 12.1 Å². The van der Waals surface area contributed by atoms with Crippen molar-refractivity contribution in [1.82, 2.24) is 10.2 Å². The molecule has 2 N–H and O–H groups in total. The van der Waals surface area contributed by atoms with E-state index < -0.39 is 0 Å². The van der Waals surface area contributed by atoms with E-state index in [4.69, 9.17) is 5.26 Å². The van der Waals surface area contributed by atoms with Gasteiger partial charge in [-0.3, -0.25) is 0 Å². The van der Waals surface area contributed by atoms with Crippen molar-refractivity contribution in [3.63, 3.8) is 0 Å². The zero-order chi connectivity index (χ0) is 11.4. The molecule has 84 valence electrons. The predicted molar refractivity (Wildman–Crippen MR) is 58.7 cm³/mol. The van der Waals surface area contributed by atoms with E-state index in [0.717, 1.165) is 25.7 Å². The fourth-order valence-corrected chi connectivity index (χ4v) is 2.14.